The molecule has 2 aliphatic carbocycles. The molecule has 1 heterocycles. The molecule has 2 unspecified atom stereocenters. The largest absolute Gasteiger partial charge is 0.426 e. The number of allylic oxidation sites excluding steroid dienone is 2. The Morgan fingerprint density at radius 2 is 2.00 bits per heavy atom. The Morgan fingerprint density at radius 3 is 2.76 bits per heavy atom. The van der Waals surface area contributed by atoms with Crippen LogP contribution in [0.1, 0.15) is 12.8 Å². The molecule has 0 amide bonds. The summed E-state index contributed by atoms with van der Waals surface area (Å²) in [7, 11) is 0. The second-order valence-corrected chi connectivity index (χ2v) is 5.76. The van der Waals surface area contributed by atoms with Crippen LogP contribution in [0.25, 0.3) is 11.0 Å². The molecule has 21 heavy (non-hydrogen) atoms. The van der Waals surface area contributed by atoms with Gasteiger partial charge in [0.05, 0.1) is 5.92 Å². The fourth-order valence-corrected chi connectivity index (χ4v) is 3.35. The Morgan fingerprint density at radius 1 is 1.14 bits per heavy atom. The van der Waals surface area contributed by atoms with E-state index in [9.17, 15) is 9.59 Å². The molecule has 4 heteroatoms. The van der Waals surface area contributed by atoms with Crippen LogP contribution in [0.5, 0.6) is 5.75 Å². The number of carbonyl (C=O) groups is 1. The number of hydrogen-bond donors (Lipinski definition) is 0. The van der Waals surface area contributed by atoms with Crippen molar-refractivity contribution in [3.05, 3.63) is 52.9 Å². The van der Waals surface area contributed by atoms with E-state index in [1.54, 1.807) is 24.3 Å². The molecular formula is C17H14O4. The fraction of sp³-hybridized carbons (Fsp3) is 0.294. The zero-order valence-electron chi connectivity index (χ0n) is 11.3. The fourth-order valence-electron chi connectivity index (χ4n) is 3.35. The first-order valence-corrected chi connectivity index (χ1v) is 7.13. The minimum absolute atomic E-state index is 0.0431. The van der Waals surface area contributed by atoms with Crippen molar-refractivity contribution in [1.82, 2.24) is 0 Å². The standard InChI is InChI=1S/C17H14O4/c18-16-6-4-11-3-5-13(9-15(11)21-16)20-17(19)14-8-10-1-2-12(14)7-10/h1-6,9-10,12,14H,7-8H2/t10?,12?,14-/m0/s1. The highest BCUT2D eigenvalue weighted by Gasteiger charge is 2.40. The summed E-state index contributed by atoms with van der Waals surface area (Å²) >= 11 is 0. The van der Waals surface area contributed by atoms with E-state index >= 15 is 0 Å². The minimum atomic E-state index is -0.413. The van der Waals surface area contributed by atoms with Crippen molar-refractivity contribution in [2.45, 2.75) is 12.8 Å². The molecule has 2 bridgehead atoms. The number of hydrogen-bond acceptors (Lipinski definition) is 4. The molecule has 1 fully saturated rings. The van der Waals surface area contributed by atoms with Crippen LogP contribution in [-0.4, -0.2) is 5.97 Å². The Labute approximate surface area is 121 Å². The van der Waals surface area contributed by atoms with Crippen molar-refractivity contribution in [3.8, 4) is 5.75 Å². The Balaban J connectivity index is 1.58. The van der Waals surface area contributed by atoms with Gasteiger partial charge in [0.1, 0.15) is 11.3 Å². The van der Waals surface area contributed by atoms with Crippen molar-refractivity contribution < 1.29 is 13.9 Å². The first kappa shape index (κ1) is 12.4. The Hall–Kier alpha value is -2.36. The monoisotopic (exact) mass is 282 g/mol. The van der Waals surface area contributed by atoms with Gasteiger partial charge in [0.25, 0.3) is 0 Å². The summed E-state index contributed by atoms with van der Waals surface area (Å²) in [6.07, 6.45) is 6.26. The lowest BCUT2D eigenvalue weighted by molar-refractivity contribution is -0.139. The van der Waals surface area contributed by atoms with E-state index in [4.69, 9.17) is 9.15 Å². The van der Waals surface area contributed by atoms with E-state index in [0.717, 1.165) is 18.2 Å². The number of rotatable bonds is 2. The summed E-state index contributed by atoms with van der Waals surface area (Å²) in [6.45, 7) is 0. The summed E-state index contributed by atoms with van der Waals surface area (Å²) in [5, 5.41) is 0.803. The van der Waals surface area contributed by atoms with Crippen molar-refractivity contribution in [1.29, 1.82) is 0 Å². The second-order valence-electron chi connectivity index (χ2n) is 5.76. The predicted octanol–water partition coefficient (Wildman–Crippen LogP) is 2.91. The van der Waals surface area contributed by atoms with E-state index in [1.807, 2.05) is 0 Å². The molecule has 0 saturated heterocycles. The van der Waals surface area contributed by atoms with Crippen LogP contribution in [-0.2, 0) is 4.79 Å². The Bertz CT molecular complexity index is 802. The number of ether oxygens (including phenoxy) is 1. The van der Waals surface area contributed by atoms with Crippen molar-refractivity contribution >= 4 is 16.9 Å². The molecule has 2 aliphatic rings. The van der Waals surface area contributed by atoms with Crippen molar-refractivity contribution in [2.24, 2.45) is 17.8 Å². The van der Waals surface area contributed by atoms with Crippen LogP contribution in [0.3, 0.4) is 0 Å². The van der Waals surface area contributed by atoms with Gasteiger partial charge >= 0.3 is 11.6 Å². The smallest absolute Gasteiger partial charge is 0.336 e. The summed E-state index contributed by atoms with van der Waals surface area (Å²) in [4.78, 5) is 23.5. The topological polar surface area (TPSA) is 56.5 Å². The van der Waals surface area contributed by atoms with Gasteiger partial charge in [-0.15, -0.1) is 0 Å². The van der Waals surface area contributed by atoms with E-state index < -0.39 is 5.63 Å². The molecular weight excluding hydrogens is 268 g/mol. The van der Waals surface area contributed by atoms with Gasteiger partial charge in [-0.1, -0.05) is 12.2 Å². The molecule has 3 atom stereocenters. The number of fused-ring (bicyclic) bond motifs is 3. The van der Waals surface area contributed by atoms with Gasteiger partial charge in [-0.05, 0) is 42.9 Å². The summed E-state index contributed by atoms with van der Waals surface area (Å²) < 4.78 is 10.6. The average molecular weight is 282 g/mol. The van der Waals surface area contributed by atoms with Crippen LogP contribution in [0, 0.1) is 17.8 Å². The van der Waals surface area contributed by atoms with Crippen LogP contribution in [0.2, 0.25) is 0 Å². The molecule has 1 saturated carbocycles. The zero-order valence-corrected chi connectivity index (χ0v) is 11.3. The van der Waals surface area contributed by atoms with Crippen LogP contribution in [0.4, 0.5) is 0 Å². The lowest BCUT2D eigenvalue weighted by Gasteiger charge is -2.16. The highest BCUT2D eigenvalue weighted by molar-refractivity contribution is 5.81. The van der Waals surface area contributed by atoms with Crippen molar-refractivity contribution in [2.75, 3.05) is 0 Å². The van der Waals surface area contributed by atoms with Gasteiger partial charge in [0.15, 0.2) is 0 Å². The van der Waals surface area contributed by atoms with Gasteiger partial charge in [-0.25, -0.2) is 4.79 Å². The maximum atomic E-state index is 12.3. The third-order valence-corrected chi connectivity index (χ3v) is 4.39. The average Bonchev–Trinajstić information content (AvgIpc) is 3.09. The first-order valence-electron chi connectivity index (χ1n) is 7.13. The lowest BCUT2D eigenvalue weighted by atomic mass is 9.94. The molecule has 4 nitrogen and oxygen atoms in total. The highest BCUT2D eigenvalue weighted by atomic mass is 16.5. The molecule has 0 radical (unpaired) electrons. The normalized spacial score (nSPS) is 26.4. The highest BCUT2D eigenvalue weighted by Crippen LogP contribution is 2.44. The second kappa shape index (κ2) is 4.58. The quantitative estimate of drug-likeness (QED) is 0.368. The zero-order chi connectivity index (χ0) is 14.4. The molecule has 1 aromatic heterocycles. The van der Waals surface area contributed by atoms with Crippen LogP contribution >= 0.6 is 0 Å². The van der Waals surface area contributed by atoms with Gasteiger partial charge < -0.3 is 9.15 Å². The summed E-state index contributed by atoms with van der Waals surface area (Å²) in [5.74, 6) is 1.04. The van der Waals surface area contributed by atoms with Gasteiger partial charge in [0, 0.05) is 17.5 Å². The van der Waals surface area contributed by atoms with Gasteiger partial charge in [-0.2, -0.15) is 0 Å². The number of esters is 1. The summed E-state index contributed by atoms with van der Waals surface area (Å²) in [6, 6.07) is 8.16. The Kier molecular flexibility index (Phi) is 2.70. The van der Waals surface area contributed by atoms with E-state index in [2.05, 4.69) is 12.2 Å². The third kappa shape index (κ3) is 2.17. The van der Waals surface area contributed by atoms with Crippen LogP contribution in [0.15, 0.2) is 51.7 Å². The van der Waals surface area contributed by atoms with Gasteiger partial charge in [0.2, 0.25) is 0 Å². The SMILES string of the molecule is O=C(Oc1ccc2ccc(=O)oc2c1)[C@H]1CC2C=CC1C2. The molecule has 0 spiro atoms. The molecule has 2 aromatic rings. The lowest BCUT2D eigenvalue weighted by Crippen LogP contribution is -2.23. The van der Waals surface area contributed by atoms with E-state index in [-0.39, 0.29) is 11.9 Å². The van der Waals surface area contributed by atoms with E-state index in [0.29, 0.717) is 23.2 Å². The third-order valence-electron chi connectivity index (χ3n) is 4.39. The molecule has 1 aromatic carbocycles. The van der Waals surface area contributed by atoms with Gasteiger partial charge in [-0.3, -0.25) is 4.79 Å². The maximum absolute atomic E-state index is 12.3. The molecule has 4 rings (SSSR count). The first-order chi connectivity index (χ1) is 10.2. The predicted molar refractivity (Wildman–Crippen MR) is 77.0 cm³/mol. The number of carbonyl (C=O) groups excluding carboxylic acids is 1. The minimum Gasteiger partial charge on any atom is -0.426 e. The van der Waals surface area contributed by atoms with Crippen molar-refractivity contribution in [3.63, 3.8) is 0 Å². The number of benzene rings is 1. The molecule has 0 aliphatic heterocycles. The molecule has 0 N–H and O–H groups in total. The van der Waals surface area contributed by atoms with E-state index in [1.165, 1.54) is 6.07 Å². The van der Waals surface area contributed by atoms with Crippen LogP contribution < -0.4 is 10.4 Å². The summed E-state index contributed by atoms with van der Waals surface area (Å²) in [5.41, 5.74) is 0.0184. The maximum Gasteiger partial charge on any atom is 0.336 e. The molecule has 106 valence electrons.